The van der Waals surface area contributed by atoms with Crippen LogP contribution in [0.5, 0.6) is 0 Å². The lowest BCUT2D eigenvalue weighted by atomic mass is 9.37. The Hall–Kier alpha value is -2.55. The third kappa shape index (κ3) is 7.26. The Morgan fingerprint density at radius 1 is 0.844 bits per heavy atom. The van der Waals surface area contributed by atoms with Crippen LogP contribution in [0.25, 0.3) is 0 Å². The Morgan fingerprint density at radius 3 is 1.84 bits per heavy atom. The predicted molar refractivity (Wildman–Crippen MR) is 143 cm³/mol. The minimum absolute atomic E-state index is 0.494. The first-order chi connectivity index (χ1) is 15.4. The summed E-state index contributed by atoms with van der Waals surface area (Å²) in [6.45, 7) is 15.8. The first-order valence-electron chi connectivity index (χ1n) is 12.2. The van der Waals surface area contributed by atoms with E-state index in [9.17, 15) is 0 Å². The van der Waals surface area contributed by atoms with Crippen LogP contribution in [-0.2, 0) is 0 Å². The van der Waals surface area contributed by atoms with Gasteiger partial charge in [-0.15, -0.1) is 0 Å². The van der Waals surface area contributed by atoms with Crippen LogP contribution in [0, 0.1) is 13.8 Å². The monoisotopic (exact) mass is 428 g/mol. The molecule has 3 rings (SSSR count). The first-order valence-corrected chi connectivity index (χ1v) is 12.2. The highest BCUT2D eigenvalue weighted by atomic mass is 14.9. The van der Waals surface area contributed by atoms with Crippen LogP contribution >= 0.6 is 0 Å². The summed E-state index contributed by atoms with van der Waals surface area (Å²) in [6, 6.07) is 17.6. The second kappa shape index (κ2) is 13.1. The van der Waals surface area contributed by atoms with Gasteiger partial charge in [-0.25, -0.2) is 4.98 Å². The van der Waals surface area contributed by atoms with Gasteiger partial charge in [-0.2, -0.15) is 0 Å². The van der Waals surface area contributed by atoms with E-state index in [1.807, 2.05) is 0 Å². The van der Waals surface area contributed by atoms with E-state index in [4.69, 9.17) is 0 Å². The number of aromatic amines is 1. The number of hydrogen-bond acceptors (Lipinski definition) is 1. The molecule has 1 aromatic heterocycles. The molecule has 0 amide bonds. The average molecular weight is 428 g/mol. The van der Waals surface area contributed by atoms with E-state index >= 15 is 0 Å². The van der Waals surface area contributed by atoms with Crippen LogP contribution in [0.2, 0.25) is 6.32 Å². The molecule has 0 radical (unpaired) electrons. The van der Waals surface area contributed by atoms with E-state index in [1.54, 1.807) is 6.33 Å². The number of hydrogen-bond donors (Lipinski definition) is 1. The van der Waals surface area contributed by atoms with Crippen molar-refractivity contribution in [2.24, 2.45) is 0 Å². The SMILES string of the molecule is CC(C)c1nc[nH]c1C(C)C.CCC=CCCB(c1ccccc1C)c1ccccc1C. The molecule has 0 unspecified atom stereocenters. The lowest BCUT2D eigenvalue weighted by Gasteiger charge is -2.18. The molecule has 2 nitrogen and oxygen atoms in total. The van der Waals surface area contributed by atoms with Gasteiger partial charge in [-0.3, -0.25) is 0 Å². The average Bonchev–Trinajstić information content (AvgIpc) is 3.27. The molecular weight excluding hydrogens is 387 g/mol. The lowest BCUT2D eigenvalue weighted by Crippen LogP contribution is -2.44. The molecule has 0 aliphatic carbocycles. The highest BCUT2D eigenvalue weighted by Crippen LogP contribution is 2.21. The van der Waals surface area contributed by atoms with Crippen LogP contribution in [0.1, 0.15) is 81.8 Å². The number of aryl methyl sites for hydroxylation is 2. The molecule has 0 atom stereocenters. The van der Waals surface area contributed by atoms with Crippen molar-refractivity contribution in [1.29, 1.82) is 0 Å². The van der Waals surface area contributed by atoms with Gasteiger partial charge >= 0.3 is 0 Å². The van der Waals surface area contributed by atoms with E-state index in [2.05, 4.69) is 119 Å². The second-order valence-corrected chi connectivity index (χ2v) is 9.23. The Labute approximate surface area is 196 Å². The summed E-state index contributed by atoms with van der Waals surface area (Å²) >= 11 is 0. The van der Waals surface area contributed by atoms with Crippen molar-refractivity contribution in [3.8, 4) is 0 Å². The van der Waals surface area contributed by atoms with Crippen molar-refractivity contribution in [2.75, 3.05) is 0 Å². The zero-order valence-electron chi connectivity index (χ0n) is 21.2. The van der Waals surface area contributed by atoms with Gasteiger partial charge in [0.05, 0.1) is 12.0 Å². The molecule has 0 bridgehead atoms. The smallest absolute Gasteiger partial charge is 0.210 e. The largest absolute Gasteiger partial charge is 0.348 e. The summed E-state index contributed by atoms with van der Waals surface area (Å²) in [5.74, 6) is 1.08. The van der Waals surface area contributed by atoms with Gasteiger partial charge in [-0.05, 0) is 38.5 Å². The van der Waals surface area contributed by atoms with E-state index in [-0.39, 0.29) is 0 Å². The van der Waals surface area contributed by atoms with E-state index in [1.165, 1.54) is 39.8 Å². The molecular formula is C29H41BN2. The van der Waals surface area contributed by atoms with Crippen molar-refractivity contribution >= 4 is 17.6 Å². The molecule has 170 valence electrons. The molecule has 0 fully saturated rings. The molecule has 3 heteroatoms. The van der Waals surface area contributed by atoms with Crippen LogP contribution in [0.15, 0.2) is 67.0 Å². The minimum Gasteiger partial charge on any atom is -0.348 e. The lowest BCUT2D eigenvalue weighted by molar-refractivity contribution is 0.759. The first kappa shape index (κ1) is 25.7. The van der Waals surface area contributed by atoms with Gasteiger partial charge in [0.1, 0.15) is 0 Å². The van der Waals surface area contributed by atoms with Crippen molar-refractivity contribution in [3.63, 3.8) is 0 Å². The Kier molecular flexibility index (Phi) is 10.5. The van der Waals surface area contributed by atoms with Crippen molar-refractivity contribution in [2.45, 2.75) is 79.5 Å². The fourth-order valence-electron chi connectivity index (χ4n) is 4.22. The molecule has 0 saturated heterocycles. The van der Waals surface area contributed by atoms with Gasteiger partial charge in [0.2, 0.25) is 6.71 Å². The second-order valence-electron chi connectivity index (χ2n) is 9.23. The van der Waals surface area contributed by atoms with E-state index < -0.39 is 0 Å². The highest BCUT2D eigenvalue weighted by molar-refractivity contribution is 6.85. The summed E-state index contributed by atoms with van der Waals surface area (Å²) in [7, 11) is 0. The molecule has 0 aliphatic rings. The predicted octanol–water partition coefficient (Wildman–Crippen LogP) is 6.93. The number of nitrogens with zero attached hydrogens (tertiary/aromatic N) is 1. The third-order valence-electron chi connectivity index (χ3n) is 5.98. The molecule has 0 spiro atoms. The molecule has 1 heterocycles. The maximum Gasteiger partial charge on any atom is 0.210 e. The van der Waals surface area contributed by atoms with Gasteiger partial charge < -0.3 is 4.98 Å². The Bertz CT molecular complexity index is 901. The fourth-order valence-corrected chi connectivity index (χ4v) is 4.22. The molecule has 32 heavy (non-hydrogen) atoms. The molecule has 3 aromatic rings. The van der Waals surface area contributed by atoms with Crippen molar-refractivity contribution < 1.29 is 0 Å². The van der Waals surface area contributed by atoms with Crippen LogP contribution in [-0.4, -0.2) is 16.7 Å². The Balaban J connectivity index is 0.000000278. The summed E-state index contributed by atoms with van der Waals surface area (Å²) in [6.07, 6.45) is 9.81. The van der Waals surface area contributed by atoms with Gasteiger partial charge in [0.15, 0.2) is 0 Å². The molecule has 0 saturated carbocycles. The topological polar surface area (TPSA) is 28.7 Å². The third-order valence-corrected chi connectivity index (χ3v) is 5.98. The van der Waals surface area contributed by atoms with Crippen LogP contribution in [0.3, 0.4) is 0 Å². The molecule has 0 aliphatic heterocycles. The fraction of sp³-hybridized carbons (Fsp3) is 0.414. The number of aromatic nitrogens is 2. The number of nitrogens with one attached hydrogen (secondary N) is 1. The zero-order chi connectivity index (χ0) is 23.5. The van der Waals surface area contributed by atoms with Crippen LogP contribution in [0.4, 0.5) is 0 Å². The normalized spacial score (nSPS) is 11.2. The van der Waals surface area contributed by atoms with E-state index in [0.717, 1.165) is 12.8 Å². The highest BCUT2D eigenvalue weighted by Gasteiger charge is 2.21. The maximum atomic E-state index is 4.28. The molecule has 2 aromatic carbocycles. The zero-order valence-corrected chi connectivity index (χ0v) is 21.2. The number of benzene rings is 2. The minimum atomic E-state index is 0.494. The number of rotatable bonds is 8. The van der Waals surface area contributed by atoms with E-state index in [0.29, 0.717) is 18.5 Å². The van der Waals surface area contributed by atoms with Crippen molar-refractivity contribution in [3.05, 3.63) is 89.5 Å². The standard InChI is InChI=1S/C20H25B.C9H16N2/c1-4-5-6-11-16-21(19-14-9-7-12-17(19)2)20-15-10-8-13-18(20)3;1-6(2)8-9(7(3)4)11-5-10-8/h5-10,12-15H,4,11,16H2,1-3H3;5-7H,1-4H3,(H,10,11). The summed E-state index contributed by atoms with van der Waals surface area (Å²) in [5.41, 5.74) is 8.21. The summed E-state index contributed by atoms with van der Waals surface area (Å²) in [5, 5.41) is 0. The molecule has 1 N–H and O–H groups in total. The van der Waals surface area contributed by atoms with Gasteiger partial charge in [-0.1, -0.05) is 124 Å². The van der Waals surface area contributed by atoms with Crippen LogP contribution < -0.4 is 10.9 Å². The Morgan fingerprint density at radius 2 is 1.41 bits per heavy atom. The number of allylic oxidation sites excluding steroid dienone is 2. The number of imidazole rings is 1. The summed E-state index contributed by atoms with van der Waals surface area (Å²) < 4.78 is 0. The van der Waals surface area contributed by atoms with Gasteiger partial charge in [0.25, 0.3) is 0 Å². The maximum absolute atomic E-state index is 4.28. The number of H-pyrrole nitrogens is 1. The summed E-state index contributed by atoms with van der Waals surface area (Å²) in [4.78, 5) is 7.46. The quantitative estimate of drug-likeness (QED) is 0.306. The van der Waals surface area contributed by atoms with Gasteiger partial charge in [0, 0.05) is 5.69 Å². The van der Waals surface area contributed by atoms with Crippen molar-refractivity contribution in [1.82, 2.24) is 9.97 Å².